The largest absolute Gasteiger partial charge is 0.380 e. The Morgan fingerprint density at radius 3 is 2.72 bits per heavy atom. The van der Waals surface area contributed by atoms with Gasteiger partial charge in [-0.2, -0.15) is 5.26 Å². The van der Waals surface area contributed by atoms with E-state index in [4.69, 9.17) is 5.26 Å². The molecule has 1 aromatic carbocycles. The van der Waals surface area contributed by atoms with E-state index in [2.05, 4.69) is 5.32 Å². The topological polar surface area (TPSA) is 99.3 Å². The molecule has 3 rings (SSSR count). The molecular formula is C18H22N4O3. The van der Waals surface area contributed by atoms with Crippen LogP contribution in [-0.4, -0.2) is 34.9 Å². The number of carbonyl (C=O) groups is 1. The lowest BCUT2D eigenvalue weighted by Crippen LogP contribution is -2.36. The first-order valence-electron chi connectivity index (χ1n) is 8.82. The molecule has 1 saturated heterocycles. The fourth-order valence-corrected chi connectivity index (χ4v) is 3.80. The highest BCUT2D eigenvalue weighted by Gasteiger charge is 2.31. The monoisotopic (exact) mass is 342 g/mol. The van der Waals surface area contributed by atoms with Crippen molar-refractivity contribution >= 4 is 17.3 Å². The number of nitro groups is 1. The molecule has 2 aliphatic rings. The van der Waals surface area contributed by atoms with Crippen LogP contribution in [0.5, 0.6) is 0 Å². The predicted octanol–water partition coefficient (Wildman–Crippen LogP) is 3.06. The number of hydrogen-bond acceptors (Lipinski definition) is 5. The number of nitro benzene ring substituents is 1. The minimum atomic E-state index is -0.553. The van der Waals surface area contributed by atoms with Crippen LogP contribution in [0.15, 0.2) is 18.2 Å². The second-order valence-corrected chi connectivity index (χ2v) is 6.85. The van der Waals surface area contributed by atoms with Gasteiger partial charge in [-0.3, -0.25) is 14.9 Å². The van der Waals surface area contributed by atoms with Gasteiger partial charge in [0.05, 0.1) is 4.92 Å². The van der Waals surface area contributed by atoms with Crippen LogP contribution in [0.1, 0.15) is 44.1 Å². The molecule has 1 saturated carbocycles. The van der Waals surface area contributed by atoms with Crippen molar-refractivity contribution in [2.75, 3.05) is 18.4 Å². The Labute approximate surface area is 146 Å². The summed E-state index contributed by atoms with van der Waals surface area (Å²) >= 11 is 0. The molecule has 1 N–H and O–H groups in total. The van der Waals surface area contributed by atoms with Gasteiger partial charge in [-0.1, -0.05) is 19.3 Å². The van der Waals surface area contributed by atoms with Gasteiger partial charge >= 0.3 is 0 Å². The highest BCUT2D eigenvalue weighted by atomic mass is 16.6. The summed E-state index contributed by atoms with van der Waals surface area (Å²) in [6.45, 7) is 1.39. The quantitative estimate of drug-likeness (QED) is 0.669. The normalized spacial score (nSPS) is 20.9. The van der Waals surface area contributed by atoms with Gasteiger partial charge in [-0.15, -0.1) is 0 Å². The molecule has 132 valence electrons. The Kier molecular flexibility index (Phi) is 5.17. The average molecular weight is 342 g/mol. The highest BCUT2D eigenvalue weighted by molar-refractivity contribution is 5.79. The first-order chi connectivity index (χ1) is 12.1. The Hall–Kier alpha value is -2.62. The number of carbonyl (C=O) groups excluding carboxylic acids is 1. The van der Waals surface area contributed by atoms with Crippen molar-refractivity contribution in [3.05, 3.63) is 33.9 Å². The average Bonchev–Trinajstić information content (AvgIpc) is 3.10. The molecule has 25 heavy (non-hydrogen) atoms. The van der Waals surface area contributed by atoms with Gasteiger partial charge < -0.3 is 10.2 Å². The lowest BCUT2D eigenvalue weighted by Gasteiger charge is -2.26. The minimum absolute atomic E-state index is 0.0446. The number of anilines is 1. The van der Waals surface area contributed by atoms with Gasteiger partial charge in [0.1, 0.15) is 11.6 Å². The van der Waals surface area contributed by atoms with Crippen LogP contribution in [0.25, 0.3) is 0 Å². The van der Waals surface area contributed by atoms with Crippen LogP contribution in [-0.2, 0) is 4.79 Å². The minimum Gasteiger partial charge on any atom is -0.380 e. The third-order valence-corrected chi connectivity index (χ3v) is 5.14. The Morgan fingerprint density at radius 1 is 1.28 bits per heavy atom. The number of nitrogens with one attached hydrogen (secondary N) is 1. The summed E-state index contributed by atoms with van der Waals surface area (Å²) < 4.78 is 0. The van der Waals surface area contributed by atoms with Gasteiger partial charge in [0, 0.05) is 36.8 Å². The Balaban J connectivity index is 1.60. The van der Waals surface area contributed by atoms with E-state index in [0.29, 0.717) is 12.2 Å². The molecule has 1 amide bonds. The van der Waals surface area contributed by atoms with Crippen LogP contribution in [0.3, 0.4) is 0 Å². The van der Waals surface area contributed by atoms with E-state index >= 15 is 0 Å². The standard InChI is InChI=1S/C18H22N4O3/c19-11-14-10-15(6-7-17(14)22(24)25)20-16-8-9-21(12-16)18(23)13-4-2-1-3-5-13/h6-7,10,13,16,20H,1-5,8-9,12H2/t16-/m1/s1. The molecule has 7 nitrogen and oxygen atoms in total. The first-order valence-corrected chi connectivity index (χ1v) is 8.82. The molecule has 1 aliphatic heterocycles. The summed E-state index contributed by atoms with van der Waals surface area (Å²) in [5.74, 6) is 0.447. The molecule has 1 heterocycles. The number of nitrogens with zero attached hydrogens (tertiary/aromatic N) is 3. The Morgan fingerprint density at radius 2 is 2.04 bits per heavy atom. The van der Waals surface area contributed by atoms with Gasteiger partial charge in [-0.25, -0.2) is 0 Å². The van der Waals surface area contributed by atoms with Crippen molar-refractivity contribution in [1.29, 1.82) is 5.26 Å². The molecule has 0 unspecified atom stereocenters. The number of rotatable bonds is 4. The lowest BCUT2D eigenvalue weighted by molar-refractivity contribution is -0.385. The van der Waals surface area contributed by atoms with Crippen molar-refractivity contribution < 1.29 is 9.72 Å². The molecule has 1 aromatic rings. The van der Waals surface area contributed by atoms with Gasteiger partial charge in [0.15, 0.2) is 0 Å². The number of likely N-dealkylation sites (tertiary alicyclic amines) is 1. The molecule has 7 heteroatoms. The van der Waals surface area contributed by atoms with E-state index in [9.17, 15) is 14.9 Å². The maximum Gasteiger partial charge on any atom is 0.287 e. The van der Waals surface area contributed by atoms with Crippen molar-refractivity contribution in [3.63, 3.8) is 0 Å². The molecule has 1 atom stereocenters. The van der Waals surface area contributed by atoms with E-state index in [-0.39, 0.29) is 29.1 Å². The maximum absolute atomic E-state index is 12.6. The first kappa shape index (κ1) is 17.2. The summed E-state index contributed by atoms with van der Waals surface area (Å²) in [7, 11) is 0. The molecule has 2 fully saturated rings. The van der Waals surface area contributed by atoms with Gasteiger partial charge in [0.2, 0.25) is 5.91 Å². The zero-order valence-corrected chi connectivity index (χ0v) is 14.1. The van der Waals surface area contributed by atoms with E-state index in [0.717, 1.165) is 38.6 Å². The van der Waals surface area contributed by atoms with Crippen LogP contribution in [0.2, 0.25) is 0 Å². The third kappa shape index (κ3) is 3.90. The third-order valence-electron chi connectivity index (χ3n) is 5.14. The number of hydrogen-bond donors (Lipinski definition) is 1. The predicted molar refractivity (Wildman–Crippen MR) is 93.0 cm³/mol. The van der Waals surface area contributed by atoms with Crippen LogP contribution in [0, 0.1) is 27.4 Å². The summed E-state index contributed by atoms with van der Waals surface area (Å²) in [5.41, 5.74) is 0.538. The number of amides is 1. The van der Waals surface area contributed by atoms with E-state index in [1.165, 1.54) is 18.6 Å². The number of nitriles is 1. The SMILES string of the molecule is N#Cc1cc(N[C@@H]2CCN(C(=O)C3CCCCC3)C2)ccc1[N+](=O)[O-]. The van der Waals surface area contributed by atoms with Crippen LogP contribution in [0.4, 0.5) is 11.4 Å². The summed E-state index contributed by atoms with van der Waals surface area (Å²) in [6.07, 6.45) is 6.37. The van der Waals surface area contributed by atoms with Crippen LogP contribution >= 0.6 is 0 Å². The van der Waals surface area contributed by atoms with Crippen molar-refractivity contribution in [2.24, 2.45) is 5.92 Å². The molecule has 0 spiro atoms. The van der Waals surface area contributed by atoms with Crippen molar-refractivity contribution in [2.45, 2.75) is 44.6 Å². The fraction of sp³-hybridized carbons (Fsp3) is 0.556. The van der Waals surface area contributed by atoms with Crippen LogP contribution < -0.4 is 5.32 Å². The molecular weight excluding hydrogens is 320 g/mol. The van der Waals surface area contributed by atoms with Crippen molar-refractivity contribution in [1.82, 2.24) is 4.90 Å². The van der Waals surface area contributed by atoms with E-state index in [1.54, 1.807) is 6.07 Å². The summed E-state index contributed by atoms with van der Waals surface area (Å²) in [6, 6.07) is 6.45. The molecule has 1 aliphatic carbocycles. The lowest BCUT2D eigenvalue weighted by atomic mass is 9.88. The second-order valence-electron chi connectivity index (χ2n) is 6.85. The fourth-order valence-electron chi connectivity index (χ4n) is 3.80. The smallest absolute Gasteiger partial charge is 0.287 e. The zero-order valence-electron chi connectivity index (χ0n) is 14.1. The van der Waals surface area contributed by atoms with E-state index < -0.39 is 4.92 Å². The van der Waals surface area contributed by atoms with Gasteiger partial charge in [0.25, 0.3) is 5.69 Å². The molecule has 0 bridgehead atoms. The summed E-state index contributed by atoms with van der Waals surface area (Å²) in [4.78, 5) is 24.9. The van der Waals surface area contributed by atoms with Crippen molar-refractivity contribution in [3.8, 4) is 6.07 Å². The van der Waals surface area contributed by atoms with Gasteiger partial charge in [-0.05, 0) is 31.4 Å². The molecule has 0 radical (unpaired) electrons. The maximum atomic E-state index is 12.6. The number of benzene rings is 1. The second kappa shape index (κ2) is 7.51. The Bertz CT molecular complexity index is 707. The highest BCUT2D eigenvalue weighted by Crippen LogP contribution is 2.28. The zero-order chi connectivity index (χ0) is 17.8. The van der Waals surface area contributed by atoms with E-state index in [1.807, 2.05) is 11.0 Å². The summed E-state index contributed by atoms with van der Waals surface area (Å²) in [5, 5.41) is 23.3. The molecule has 0 aromatic heterocycles.